The van der Waals surface area contributed by atoms with Crippen LogP contribution in [0.1, 0.15) is 25.7 Å². The molecule has 2 amide bonds. The van der Waals surface area contributed by atoms with Gasteiger partial charge in [0.15, 0.2) is 0 Å². The summed E-state index contributed by atoms with van der Waals surface area (Å²) < 4.78 is 25.2. The number of piperidine rings is 2. The lowest BCUT2D eigenvalue weighted by atomic mass is 10.0. The molecule has 0 aromatic rings. The number of hydrogen-bond donors (Lipinski definition) is 2. The molecule has 2 unspecified atom stereocenters. The van der Waals surface area contributed by atoms with E-state index in [0.717, 1.165) is 32.2 Å². The average Bonchev–Trinajstić information content (AvgIpc) is 2.52. The average molecular weight is 346 g/mol. The number of rotatable bonds is 5. The highest BCUT2D eigenvalue weighted by Crippen LogP contribution is 2.15. The van der Waals surface area contributed by atoms with Crippen molar-refractivity contribution in [3.05, 3.63) is 0 Å². The van der Waals surface area contributed by atoms with Crippen molar-refractivity contribution in [2.45, 2.75) is 37.8 Å². The number of likely N-dealkylation sites (N-methyl/N-ethyl adjacent to an activating group) is 1. The second-order valence-electron chi connectivity index (χ2n) is 6.26. The van der Waals surface area contributed by atoms with Gasteiger partial charge in [-0.25, -0.2) is 13.1 Å². The van der Waals surface area contributed by atoms with E-state index in [2.05, 4.69) is 10.0 Å². The Morgan fingerprint density at radius 2 is 1.96 bits per heavy atom. The number of carbonyl (C=O) groups is 2. The molecule has 2 fully saturated rings. The lowest BCUT2D eigenvalue weighted by Gasteiger charge is -2.37. The van der Waals surface area contributed by atoms with Crippen molar-refractivity contribution in [3.8, 4) is 0 Å². The summed E-state index contributed by atoms with van der Waals surface area (Å²) in [6, 6.07) is -0.166. The molecule has 2 aliphatic heterocycles. The molecule has 0 spiro atoms. The van der Waals surface area contributed by atoms with Gasteiger partial charge in [0.2, 0.25) is 21.8 Å². The summed E-state index contributed by atoms with van der Waals surface area (Å²) in [7, 11) is -0.450. The van der Waals surface area contributed by atoms with Crippen LogP contribution >= 0.6 is 0 Å². The fourth-order valence-corrected chi connectivity index (χ4v) is 3.79. The van der Waals surface area contributed by atoms with E-state index in [1.807, 2.05) is 0 Å². The van der Waals surface area contributed by atoms with Gasteiger partial charge in [0, 0.05) is 32.7 Å². The summed E-state index contributed by atoms with van der Waals surface area (Å²) in [5.74, 6) is -0.822. The van der Waals surface area contributed by atoms with Crippen LogP contribution < -0.4 is 10.0 Å². The summed E-state index contributed by atoms with van der Waals surface area (Å²) in [6.07, 6.45) is 3.47. The monoisotopic (exact) mass is 346 g/mol. The zero-order valence-electron chi connectivity index (χ0n) is 13.7. The molecule has 2 rings (SSSR count). The predicted octanol–water partition coefficient (Wildman–Crippen LogP) is -1.26. The predicted molar refractivity (Wildman–Crippen MR) is 86.2 cm³/mol. The molecule has 132 valence electrons. The summed E-state index contributed by atoms with van der Waals surface area (Å²) in [5.41, 5.74) is 0. The van der Waals surface area contributed by atoms with Crippen molar-refractivity contribution in [1.82, 2.24) is 19.8 Å². The van der Waals surface area contributed by atoms with Gasteiger partial charge in [-0.3, -0.25) is 9.59 Å². The van der Waals surface area contributed by atoms with E-state index in [9.17, 15) is 18.0 Å². The largest absolute Gasteiger partial charge is 0.344 e. The molecule has 9 heteroatoms. The van der Waals surface area contributed by atoms with Crippen LogP contribution in [-0.2, 0) is 19.6 Å². The molecule has 0 saturated carbocycles. The van der Waals surface area contributed by atoms with Crippen LogP contribution in [0.5, 0.6) is 0 Å². The van der Waals surface area contributed by atoms with Gasteiger partial charge in [-0.2, -0.15) is 0 Å². The van der Waals surface area contributed by atoms with Crippen molar-refractivity contribution < 1.29 is 18.0 Å². The number of carbonyl (C=O) groups excluding carboxylic acids is 2. The SMILES string of the molecule is CNS(=O)(=O)CC(=O)N1CCCC(NC2CCCN(C)C2=O)C1. The van der Waals surface area contributed by atoms with Crippen LogP contribution in [0.2, 0.25) is 0 Å². The van der Waals surface area contributed by atoms with E-state index in [0.29, 0.717) is 13.1 Å². The zero-order chi connectivity index (χ0) is 17.0. The summed E-state index contributed by atoms with van der Waals surface area (Å²) >= 11 is 0. The fourth-order valence-electron chi connectivity index (χ4n) is 3.14. The Hall–Kier alpha value is -1.19. The van der Waals surface area contributed by atoms with Gasteiger partial charge in [-0.05, 0) is 32.7 Å². The summed E-state index contributed by atoms with van der Waals surface area (Å²) in [4.78, 5) is 27.6. The Morgan fingerprint density at radius 3 is 2.65 bits per heavy atom. The number of nitrogens with zero attached hydrogens (tertiary/aromatic N) is 2. The van der Waals surface area contributed by atoms with Crippen LogP contribution in [0.4, 0.5) is 0 Å². The molecule has 2 aliphatic rings. The van der Waals surface area contributed by atoms with Crippen molar-refractivity contribution >= 4 is 21.8 Å². The zero-order valence-corrected chi connectivity index (χ0v) is 14.6. The molecule has 23 heavy (non-hydrogen) atoms. The molecular weight excluding hydrogens is 320 g/mol. The number of nitrogens with one attached hydrogen (secondary N) is 2. The van der Waals surface area contributed by atoms with Crippen LogP contribution in [0.3, 0.4) is 0 Å². The Balaban J connectivity index is 1.90. The summed E-state index contributed by atoms with van der Waals surface area (Å²) in [5, 5.41) is 3.35. The van der Waals surface area contributed by atoms with Gasteiger partial charge in [-0.15, -0.1) is 0 Å². The minimum atomic E-state index is -3.55. The molecule has 0 aliphatic carbocycles. The normalized spacial score (nSPS) is 26.4. The first-order valence-electron chi connectivity index (χ1n) is 8.02. The Bertz CT molecular complexity index is 551. The number of sulfonamides is 1. The number of likely N-dealkylation sites (tertiary alicyclic amines) is 2. The minimum Gasteiger partial charge on any atom is -0.344 e. The number of hydrogen-bond acceptors (Lipinski definition) is 5. The molecule has 0 bridgehead atoms. The Morgan fingerprint density at radius 1 is 1.26 bits per heavy atom. The van der Waals surface area contributed by atoms with Crippen LogP contribution in [-0.4, -0.2) is 81.6 Å². The number of amides is 2. The maximum Gasteiger partial charge on any atom is 0.239 e. The van der Waals surface area contributed by atoms with Gasteiger partial charge < -0.3 is 15.1 Å². The first-order valence-corrected chi connectivity index (χ1v) is 9.67. The van der Waals surface area contributed by atoms with Crippen LogP contribution in [0.25, 0.3) is 0 Å². The highest BCUT2D eigenvalue weighted by atomic mass is 32.2. The fraction of sp³-hybridized carbons (Fsp3) is 0.857. The highest BCUT2D eigenvalue weighted by Gasteiger charge is 2.31. The third kappa shape index (κ3) is 4.89. The van der Waals surface area contributed by atoms with Crippen LogP contribution in [0.15, 0.2) is 0 Å². The molecule has 2 heterocycles. The van der Waals surface area contributed by atoms with Crippen LogP contribution in [0, 0.1) is 0 Å². The molecule has 2 N–H and O–H groups in total. The van der Waals surface area contributed by atoms with E-state index in [-0.39, 0.29) is 18.0 Å². The molecule has 2 atom stereocenters. The van der Waals surface area contributed by atoms with E-state index < -0.39 is 21.7 Å². The maximum absolute atomic E-state index is 12.1. The third-order valence-electron chi connectivity index (χ3n) is 4.50. The maximum atomic E-state index is 12.1. The quantitative estimate of drug-likeness (QED) is 0.647. The van der Waals surface area contributed by atoms with Crippen molar-refractivity contribution in [1.29, 1.82) is 0 Å². The van der Waals surface area contributed by atoms with Crippen molar-refractivity contribution in [2.75, 3.05) is 39.5 Å². The molecular formula is C14H26N4O4S. The first-order chi connectivity index (χ1) is 10.8. The Labute approximate surface area is 137 Å². The van der Waals surface area contributed by atoms with E-state index in [1.54, 1.807) is 16.8 Å². The standard InChI is InChI=1S/C14H26N4O4S/c1-15-23(21,22)10-13(19)18-8-3-5-11(9-18)16-12-6-4-7-17(2)14(12)20/h11-12,15-16H,3-10H2,1-2H3. The van der Waals surface area contributed by atoms with Gasteiger partial charge in [-0.1, -0.05) is 0 Å². The molecule has 8 nitrogen and oxygen atoms in total. The minimum absolute atomic E-state index is 0.0328. The topological polar surface area (TPSA) is 98.8 Å². The third-order valence-corrected chi connectivity index (χ3v) is 5.75. The Kier molecular flexibility index (Phi) is 5.99. The molecule has 2 saturated heterocycles. The summed E-state index contributed by atoms with van der Waals surface area (Å²) in [6.45, 7) is 1.80. The first kappa shape index (κ1) is 18.2. The van der Waals surface area contributed by atoms with E-state index in [1.165, 1.54) is 7.05 Å². The second kappa shape index (κ2) is 7.59. The van der Waals surface area contributed by atoms with Crippen molar-refractivity contribution in [3.63, 3.8) is 0 Å². The van der Waals surface area contributed by atoms with E-state index in [4.69, 9.17) is 0 Å². The van der Waals surface area contributed by atoms with Gasteiger partial charge in [0.25, 0.3) is 0 Å². The molecule has 0 radical (unpaired) electrons. The highest BCUT2D eigenvalue weighted by molar-refractivity contribution is 7.90. The van der Waals surface area contributed by atoms with Gasteiger partial charge >= 0.3 is 0 Å². The lowest BCUT2D eigenvalue weighted by Crippen LogP contribution is -2.57. The van der Waals surface area contributed by atoms with E-state index >= 15 is 0 Å². The van der Waals surface area contributed by atoms with Crippen molar-refractivity contribution in [2.24, 2.45) is 0 Å². The molecule has 0 aromatic heterocycles. The smallest absolute Gasteiger partial charge is 0.239 e. The lowest BCUT2D eigenvalue weighted by molar-refractivity contribution is -0.135. The second-order valence-corrected chi connectivity index (χ2v) is 8.19. The van der Waals surface area contributed by atoms with Gasteiger partial charge in [0.05, 0.1) is 6.04 Å². The molecule has 0 aromatic carbocycles. The van der Waals surface area contributed by atoms with Gasteiger partial charge in [0.1, 0.15) is 5.75 Å².